The Kier molecular flexibility index (Phi) is 5.94. The van der Waals surface area contributed by atoms with Crippen LogP contribution in [0.2, 0.25) is 0 Å². The van der Waals surface area contributed by atoms with E-state index in [0.717, 1.165) is 10.9 Å². The van der Waals surface area contributed by atoms with Crippen LogP contribution in [0.5, 0.6) is 0 Å². The average molecular weight is 331 g/mol. The largest absolute Gasteiger partial charge is 0.354 e. The molecule has 1 unspecified atom stereocenters. The lowest BCUT2D eigenvalue weighted by molar-refractivity contribution is -0.126. The van der Waals surface area contributed by atoms with Gasteiger partial charge in [0, 0.05) is 11.0 Å². The van der Waals surface area contributed by atoms with Crippen molar-refractivity contribution >= 4 is 21.8 Å². The molecule has 0 aromatic heterocycles. The highest BCUT2D eigenvalue weighted by molar-refractivity contribution is 9.10. The van der Waals surface area contributed by atoms with Crippen LogP contribution >= 0.6 is 15.9 Å². The van der Waals surface area contributed by atoms with Gasteiger partial charge in [-0.2, -0.15) is 0 Å². The van der Waals surface area contributed by atoms with Gasteiger partial charge in [-0.15, -0.1) is 0 Å². The molecular weight excluding hydrogens is 311 g/mol. The van der Waals surface area contributed by atoms with E-state index in [4.69, 9.17) is 5.73 Å². The van der Waals surface area contributed by atoms with Crippen molar-refractivity contribution in [3.8, 4) is 0 Å². The molecule has 0 fully saturated rings. The zero-order chi connectivity index (χ0) is 14.5. The molecule has 0 heterocycles. The van der Waals surface area contributed by atoms with Crippen molar-refractivity contribution in [1.29, 1.82) is 0 Å². The standard InChI is InChI=1S/C14H20BrFN2O/c1-3-7-14(2,17)13(19)18-8-6-10-9-11(15)4-5-12(10)16/h4-5,9H,3,6-8,17H2,1-2H3,(H,18,19). The van der Waals surface area contributed by atoms with E-state index < -0.39 is 5.54 Å². The predicted octanol–water partition coefficient (Wildman–Crippen LogP) is 2.76. The molecule has 1 rings (SSSR count). The van der Waals surface area contributed by atoms with Crippen molar-refractivity contribution in [1.82, 2.24) is 5.32 Å². The SMILES string of the molecule is CCCC(C)(N)C(=O)NCCc1cc(Br)ccc1F. The lowest BCUT2D eigenvalue weighted by Gasteiger charge is -2.22. The second kappa shape index (κ2) is 7.01. The highest BCUT2D eigenvalue weighted by Crippen LogP contribution is 2.16. The van der Waals surface area contributed by atoms with Gasteiger partial charge in [0.25, 0.3) is 0 Å². The number of hydrogen-bond donors (Lipinski definition) is 2. The van der Waals surface area contributed by atoms with E-state index in [9.17, 15) is 9.18 Å². The Morgan fingerprint density at radius 1 is 1.53 bits per heavy atom. The van der Waals surface area contributed by atoms with Gasteiger partial charge in [-0.25, -0.2) is 4.39 Å². The molecule has 0 saturated carbocycles. The molecule has 1 atom stereocenters. The minimum Gasteiger partial charge on any atom is -0.354 e. The number of carbonyl (C=O) groups excluding carboxylic acids is 1. The zero-order valence-corrected chi connectivity index (χ0v) is 12.9. The van der Waals surface area contributed by atoms with Crippen LogP contribution in [-0.2, 0) is 11.2 Å². The summed E-state index contributed by atoms with van der Waals surface area (Å²) in [5.74, 6) is -0.453. The molecule has 5 heteroatoms. The average Bonchev–Trinajstić information content (AvgIpc) is 2.33. The number of rotatable bonds is 6. The van der Waals surface area contributed by atoms with Crippen molar-refractivity contribution < 1.29 is 9.18 Å². The van der Waals surface area contributed by atoms with Crippen LogP contribution in [0, 0.1) is 5.82 Å². The summed E-state index contributed by atoms with van der Waals surface area (Å²) >= 11 is 3.30. The van der Waals surface area contributed by atoms with Crippen LogP contribution in [0.15, 0.2) is 22.7 Å². The maximum Gasteiger partial charge on any atom is 0.239 e. The predicted molar refractivity (Wildman–Crippen MR) is 78.3 cm³/mol. The number of nitrogens with one attached hydrogen (secondary N) is 1. The summed E-state index contributed by atoms with van der Waals surface area (Å²) in [4.78, 5) is 11.9. The minimum atomic E-state index is -0.857. The molecule has 0 aliphatic carbocycles. The van der Waals surface area contributed by atoms with E-state index in [1.54, 1.807) is 19.1 Å². The number of hydrogen-bond acceptors (Lipinski definition) is 2. The Morgan fingerprint density at radius 3 is 2.84 bits per heavy atom. The van der Waals surface area contributed by atoms with E-state index in [2.05, 4.69) is 21.2 Å². The maximum atomic E-state index is 13.5. The number of benzene rings is 1. The molecule has 0 aliphatic rings. The summed E-state index contributed by atoms with van der Waals surface area (Å²) in [5, 5.41) is 2.76. The van der Waals surface area contributed by atoms with Gasteiger partial charge >= 0.3 is 0 Å². The van der Waals surface area contributed by atoms with Crippen molar-refractivity contribution in [2.75, 3.05) is 6.54 Å². The highest BCUT2D eigenvalue weighted by atomic mass is 79.9. The van der Waals surface area contributed by atoms with Gasteiger partial charge in [0.05, 0.1) is 5.54 Å². The first kappa shape index (κ1) is 16.1. The third-order valence-corrected chi connectivity index (χ3v) is 3.47. The van der Waals surface area contributed by atoms with E-state index in [1.807, 2.05) is 6.92 Å². The van der Waals surface area contributed by atoms with Gasteiger partial charge in [0.1, 0.15) is 5.82 Å². The highest BCUT2D eigenvalue weighted by Gasteiger charge is 2.26. The van der Waals surface area contributed by atoms with Gasteiger partial charge in [-0.3, -0.25) is 4.79 Å². The van der Waals surface area contributed by atoms with E-state index in [0.29, 0.717) is 24.9 Å². The van der Waals surface area contributed by atoms with Crippen LogP contribution in [0.3, 0.4) is 0 Å². The second-order valence-corrected chi connectivity index (χ2v) is 5.82. The minimum absolute atomic E-state index is 0.190. The first-order chi connectivity index (χ1) is 8.86. The Labute approximate surface area is 121 Å². The number of carbonyl (C=O) groups is 1. The smallest absolute Gasteiger partial charge is 0.239 e. The summed E-state index contributed by atoms with van der Waals surface area (Å²) in [6.45, 7) is 4.07. The second-order valence-electron chi connectivity index (χ2n) is 4.91. The Morgan fingerprint density at radius 2 is 2.21 bits per heavy atom. The van der Waals surface area contributed by atoms with E-state index >= 15 is 0 Å². The van der Waals surface area contributed by atoms with Crippen LogP contribution in [0.4, 0.5) is 4.39 Å². The summed E-state index contributed by atoms with van der Waals surface area (Å²) < 4.78 is 14.3. The molecule has 0 aliphatic heterocycles. The van der Waals surface area contributed by atoms with Crippen molar-refractivity contribution in [2.45, 2.75) is 38.6 Å². The monoisotopic (exact) mass is 330 g/mol. The Hall–Kier alpha value is -0.940. The van der Waals surface area contributed by atoms with E-state index in [1.165, 1.54) is 6.07 Å². The quantitative estimate of drug-likeness (QED) is 0.842. The first-order valence-corrected chi connectivity index (χ1v) is 7.17. The fourth-order valence-corrected chi connectivity index (χ4v) is 2.29. The summed E-state index contributed by atoms with van der Waals surface area (Å²) in [5.41, 5.74) is 5.63. The molecule has 0 spiro atoms. The van der Waals surface area contributed by atoms with Crippen molar-refractivity contribution in [3.63, 3.8) is 0 Å². The van der Waals surface area contributed by atoms with Crippen LogP contribution in [0.1, 0.15) is 32.3 Å². The molecule has 0 saturated heterocycles. The lowest BCUT2D eigenvalue weighted by atomic mass is 9.96. The van der Waals surface area contributed by atoms with Crippen LogP contribution in [-0.4, -0.2) is 18.0 Å². The third kappa shape index (κ3) is 4.91. The van der Waals surface area contributed by atoms with Gasteiger partial charge < -0.3 is 11.1 Å². The van der Waals surface area contributed by atoms with Crippen LogP contribution in [0.25, 0.3) is 0 Å². The number of nitrogens with two attached hydrogens (primary N) is 1. The Balaban J connectivity index is 2.50. The number of amides is 1. The summed E-state index contributed by atoms with van der Waals surface area (Å²) in [6.07, 6.45) is 1.92. The lowest BCUT2D eigenvalue weighted by Crippen LogP contribution is -2.51. The maximum absolute atomic E-state index is 13.5. The molecule has 1 aromatic rings. The number of halogens is 2. The molecule has 19 heavy (non-hydrogen) atoms. The summed E-state index contributed by atoms with van der Waals surface area (Å²) in [7, 11) is 0. The topological polar surface area (TPSA) is 55.1 Å². The molecule has 1 aromatic carbocycles. The Bertz CT molecular complexity index is 449. The molecule has 3 nitrogen and oxygen atoms in total. The zero-order valence-electron chi connectivity index (χ0n) is 11.3. The first-order valence-electron chi connectivity index (χ1n) is 6.38. The third-order valence-electron chi connectivity index (χ3n) is 2.98. The molecule has 3 N–H and O–H groups in total. The van der Waals surface area contributed by atoms with E-state index in [-0.39, 0.29) is 11.7 Å². The molecular formula is C14H20BrFN2O. The summed E-state index contributed by atoms with van der Waals surface area (Å²) in [6, 6.07) is 4.77. The van der Waals surface area contributed by atoms with Gasteiger partial charge in [0.15, 0.2) is 0 Å². The van der Waals surface area contributed by atoms with Gasteiger partial charge in [-0.1, -0.05) is 29.3 Å². The van der Waals surface area contributed by atoms with Gasteiger partial charge in [-0.05, 0) is 43.5 Å². The fraction of sp³-hybridized carbons (Fsp3) is 0.500. The molecule has 1 amide bonds. The van der Waals surface area contributed by atoms with Gasteiger partial charge in [0.2, 0.25) is 5.91 Å². The molecule has 0 radical (unpaired) electrons. The fourth-order valence-electron chi connectivity index (χ4n) is 1.88. The molecule has 0 bridgehead atoms. The van der Waals surface area contributed by atoms with Crippen LogP contribution < -0.4 is 11.1 Å². The van der Waals surface area contributed by atoms with Crippen molar-refractivity contribution in [2.24, 2.45) is 5.73 Å². The normalized spacial score (nSPS) is 13.9. The van der Waals surface area contributed by atoms with Crippen molar-refractivity contribution in [3.05, 3.63) is 34.1 Å². The molecule has 106 valence electrons.